The maximum absolute atomic E-state index is 12.4. The molecule has 0 radical (unpaired) electrons. The maximum Gasteiger partial charge on any atom is 0.410 e. The molecule has 0 aromatic carbocycles. The molecule has 1 saturated heterocycles. The average Bonchev–Trinajstić information content (AvgIpc) is 3.19. The van der Waals surface area contributed by atoms with Gasteiger partial charge in [0.2, 0.25) is 5.88 Å². The number of nitrogens with one attached hydrogen (secondary N) is 1. The van der Waals surface area contributed by atoms with E-state index in [0.717, 1.165) is 11.1 Å². The summed E-state index contributed by atoms with van der Waals surface area (Å²) in [6.07, 6.45) is 4.04. The third-order valence-corrected chi connectivity index (χ3v) is 5.80. The predicted molar refractivity (Wildman–Crippen MR) is 132 cm³/mol. The Labute approximate surface area is 209 Å². The van der Waals surface area contributed by atoms with Crippen LogP contribution in [0.5, 0.6) is 5.88 Å². The van der Waals surface area contributed by atoms with E-state index in [1.165, 1.54) is 6.33 Å². The van der Waals surface area contributed by atoms with Crippen LogP contribution < -0.4 is 15.8 Å². The van der Waals surface area contributed by atoms with Gasteiger partial charge in [-0.05, 0) is 46.2 Å². The van der Waals surface area contributed by atoms with Crippen molar-refractivity contribution in [3.63, 3.8) is 0 Å². The van der Waals surface area contributed by atoms with Gasteiger partial charge >= 0.3 is 6.09 Å². The third-order valence-electron chi connectivity index (χ3n) is 5.80. The number of nitrogens with two attached hydrogens (primary N) is 1. The Hall–Kier alpha value is -4.14. The van der Waals surface area contributed by atoms with Crippen LogP contribution in [0.25, 0.3) is 5.52 Å². The molecule has 3 aromatic heterocycles. The molecule has 1 aliphatic rings. The third kappa shape index (κ3) is 5.40. The van der Waals surface area contributed by atoms with Gasteiger partial charge < -0.3 is 25.4 Å². The smallest absolute Gasteiger partial charge is 0.410 e. The number of anilines is 2. The molecular formula is C24H31N9O3. The van der Waals surface area contributed by atoms with Gasteiger partial charge in [0.15, 0.2) is 5.82 Å². The van der Waals surface area contributed by atoms with E-state index in [4.69, 9.17) is 20.2 Å². The summed E-state index contributed by atoms with van der Waals surface area (Å²) >= 11 is 0. The van der Waals surface area contributed by atoms with Gasteiger partial charge in [-0.3, -0.25) is 0 Å². The van der Waals surface area contributed by atoms with Crippen molar-refractivity contribution >= 4 is 23.2 Å². The summed E-state index contributed by atoms with van der Waals surface area (Å²) in [4.78, 5) is 26.8. The zero-order valence-electron chi connectivity index (χ0n) is 21.1. The minimum Gasteiger partial charge on any atom is -0.473 e. The average molecular weight is 494 g/mol. The predicted octanol–water partition coefficient (Wildman–Crippen LogP) is 3.23. The van der Waals surface area contributed by atoms with E-state index >= 15 is 0 Å². The minimum atomic E-state index is -0.532. The van der Waals surface area contributed by atoms with Gasteiger partial charge in [-0.15, -0.1) is 0 Å². The van der Waals surface area contributed by atoms with Gasteiger partial charge in [0, 0.05) is 32.1 Å². The summed E-state index contributed by atoms with van der Waals surface area (Å²) < 4.78 is 13.6. The number of carbonyl (C=O) groups is 1. The molecule has 4 heterocycles. The van der Waals surface area contributed by atoms with Gasteiger partial charge in [0.25, 0.3) is 0 Å². The van der Waals surface area contributed by atoms with Crippen LogP contribution in [-0.4, -0.2) is 60.4 Å². The fraction of sp³-hybridized carbons (Fsp3) is 0.500. The Morgan fingerprint density at radius 1 is 1.31 bits per heavy atom. The summed E-state index contributed by atoms with van der Waals surface area (Å²) in [5.74, 6) is 1.33. The van der Waals surface area contributed by atoms with Crippen LogP contribution in [0.1, 0.15) is 63.5 Å². The molecule has 4 rings (SSSR count). The van der Waals surface area contributed by atoms with Crippen molar-refractivity contribution in [2.45, 2.75) is 65.2 Å². The number of nitriles is 1. The van der Waals surface area contributed by atoms with Crippen molar-refractivity contribution in [2.75, 3.05) is 24.1 Å². The van der Waals surface area contributed by atoms with Gasteiger partial charge in [-0.1, -0.05) is 0 Å². The minimum absolute atomic E-state index is 0.0985. The van der Waals surface area contributed by atoms with E-state index in [1.54, 1.807) is 9.42 Å². The molecule has 0 spiro atoms. The van der Waals surface area contributed by atoms with Crippen LogP contribution in [0, 0.1) is 18.3 Å². The molecule has 12 heteroatoms. The van der Waals surface area contributed by atoms with Gasteiger partial charge in [0.1, 0.15) is 46.8 Å². The summed E-state index contributed by atoms with van der Waals surface area (Å²) in [6.45, 7) is 10.5. The van der Waals surface area contributed by atoms with E-state index in [2.05, 4.69) is 20.4 Å². The van der Waals surface area contributed by atoms with Crippen molar-refractivity contribution < 1.29 is 14.3 Å². The highest BCUT2D eigenvalue weighted by atomic mass is 16.6. The Bertz CT molecular complexity index is 1300. The van der Waals surface area contributed by atoms with Crippen molar-refractivity contribution in [1.82, 2.24) is 29.5 Å². The first-order chi connectivity index (χ1) is 17.1. The first kappa shape index (κ1) is 25.0. The summed E-state index contributed by atoms with van der Waals surface area (Å²) in [7, 11) is 0. The van der Waals surface area contributed by atoms with E-state index in [1.807, 2.05) is 53.0 Å². The standard InChI is InChI=1S/C24H31N9O3/c1-14-6-11-33-18(14)22(35-16-7-9-32(10-8-16)23(34)36-24(3,4)5)30-20(31-33)15(2)29-21-17(12-25)19(26)27-13-28-21/h6,11,13,15-16H,7-10H2,1-5H3,(H3,26,27,28,29). The Morgan fingerprint density at radius 2 is 2.03 bits per heavy atom. The van der Waals surface area contributed by atoms with Gasteiger partial charge in [0.05, 0.1) is 6.04 Å². The molecule has 0 saturated carbocycles. The van der Waals surface area contributed by atoms with Crippen LogP contribution in [0.15, 0.2) is 18.6 Å². The van der Waals surface area contributed by atoms with E-state index < -0.39 is 11.6 Å². The molecule has 0 aliphatic carbocycles. The number of aromatic nitrogens is 5. The monoisotopic (exact) mass is 493 g/mol. The number of piperidine rings is 1. The first-order valence-corrected chi connectivity index (χ1v) is 11.8. The lowest BCUT2D eigenvalue weighted by Gasteiger charge is -2.33. The lowest BCUT2D eigenvalue weighted by molar-refractivity contribution is 0.0123. The first-order valence-electron chi connectivity index (χ1n) is 11.8. The Morgan fingerprint density at radius 3 is 2.69 bits per heavy atom. The highest BCUT2D eigenvalue weighted by Gasteiger charge is 2.29. The lowest BCUT2D eigenvalue weighted by Crippen LogP contribution is -2.44. The van der Waals surface area contributed by atoms with Crippen LogP contribution in [-0.2, 0) is 4.74 Å². The van der Waals surface area contributed by atoms with Crippen molar-refractivity contribution in [3.05, 3.63) is 35.5 Å². The van der Waals surface area contributed by atoms with Crippen LogP contribution in [0.3, 0.4) is 0 Å². The number of hydrogen-bond acceptors (Lipinski definition) is 10. The zero-order chi connectivity index (χ0) is 26.0. The molecule has 190 valence electrons. The normalized spacial score (nSPS) is 15.4. The van der Waals surface area contributed by atoms with Gasteiger partial charge in [-0.25, -0.2) is 19.3 Å². The molecule has 1 fully saturated rings. The van der Waals surface area contributed by atoms with Crippen LogP contribution in [0.4, 0.5) is 16.4 Å². The molecule has 1 unspecified atom stereocenters. The number of ether oxygens (including phenoxy) is 2. The molecule has 12 nitrogen and oxygen atoms in total. The van der Waals surface area contributed by atoms with Crippen molar-refractivity contribution in [2.24, 2.45) is 0 Å². The molecule has 3 aromatic rings. The topological polar surface area (TPSA) is 157 Å². The second kappa shape index (κ2) is 9.85. The molecule has 1 atom stereocenters. The fourth-order valence-corrected chi connectivity index (χ4v) is 3.95. The number of hydrogen-bond donors (Lipinski definition) is 2. The van der Waals surface area contributed by atoms with Crippen LogP contribution >= 0.6 is 0 Å². The molecule has 3 N–H and O–H groups in total. The summed E-state index contributed by atoms with van der Waals surface area (Å²) in [5, 5.41) is 17.2. The van der Waals surface area contributed by atoms with Crippen molar-refractivity contribution in [3.8, 4) is 11.9 Å². The Kier molecular flexibility index (Phi) is 6.83. The number of aryl methyl sites for hydroxylation is 1. The Balaban J connectivity index is 1.52. The van der Waals surface area contributed by atoms with E-state index in [9.17, 15) is 10.1 Å². The number of carbonyl (C=O) groups excluding carboxylic acids is 1. The van der Waals surface area contributed by atoms with Gasteiger partial charge in [-0.2, -0.15) is 15.3 Å². The number of nitrogen functional groups attached to an aromatic ring is 1. The maximum atomic E-state index is 12.4. The highest BCUT2D eigenvalue weighted by molar-refractivity contribution is 5.68. The number of nitrogens with zero attached hydrogens (tertiary/aromatic N) is 7. The van der Waals surface area contributed by atoms with Crippen molar-refractivity contribution in [1.29, 1.82) is 5.26 Å². The number of amides is 1. The number of rotatable bonds is 5. The molecular weight excluding hydrogens is 462 g/mol. The summed E-state index contributed by atoms with van der Waals surface area (Å²) in [5.41, 5.74) is 7.21. The number of fused-ring (bicyclic) bond motifs is 1. The second-order valence-corrected chi connectivity index (χ2v) is 9.81. The SMILES string of the molecule is Cc1ccn2nc(C(C)Nc3ncnc(N)c3C#N)nc(OC3CCN(C(=O)OC(C)(C)C)CC3)c12. The highest BCUT2D eigenvalue weighted by Crippen LogP contribution is 2.28. The van der Waals surface area contributed by atoms with E-state index in [0.29, 0.717) is 43.5 Å². The molecule has 1 aliphatic heterocycles. The second-order valence-electron chi connectivity index (χ2n) is 9.81. The molecule has 36 heavy (non-hydrogen) atoms. The quantitative estimate of drug-likeness (QED) is 0.541. The van der Waals surface area contributed by atoms with Crippen LogP contribution in [0.2, 0.25) is 0 Å². The number of likely N-dealkylation sites (tertiary alicyclic amines) is 1. The molecule has 1 amide bonds. The largest absolute Gasteiger partial charge is 0.473 e. The lowest BCUT2D eigenvalue weighted by atomic mass is 10.1. The van der Waals surface area contributed by atoms with E-state index in [-0.39, 0.29) is 23.6 Å². The fourth-order valence-electron chi connectivity index (χ4n) is 3.95. The summed E-state index contributed by atoms with van der Waals surface area (Å²) in [6, 6.07) is 3.56. The molecule has 0 bridgehead atoms. The zero-order valence-corrected chi connectivity index (χ0v) is 21.1.